The van der Waals surface area contributed by atoms with Gasteiger partial charge in [-0.25, -0.2) is 19.4 Å². The van der Waals surface area contributed by atoms with Crippen molar-refractivity contribution in [3.8, 4) is 5.69 Å². The van der Waals surface area contributed by atoms with Gasteiger partial charge in [0.25, 0.3) is 0 Å². The molecule has 0 bridgehead atoms. The average molecular weight is 579 g/mol. The summed E-state index contributed by atoms with van der Waals surface area (Å²) in [6.07, 6.45) is 10.9. The van der Waals surface area contributed by atoms with Gasteiger partial charge in [-0.2, -0.15) is 9.49 Å². The van der Waals surface area contributed by atoms with E-state index in [2.05, 4.69) is 40.7 Å². The molecule has 7 atom stereocenters. The van der Waals surface area contributed by atoms with Gasteiger partial charge in [-0.3, -0.25) is 4.79 Å². The number of esters is 1. The molecule has 3 aromatic rings. The minimum atomic E-state index is -1.47. The fourth-order valence-electron chi connectivity index (χ4n) is 8.96. The SMILES string of the molecule is C[C@]12Cc3cnn(-c4ccc(F)nc4)c3C=C1CC[C@@H]1C2[C@@H](O)C[C@@]2(C)C1CC[C@]2(OC(=O)c1cocn1)C(=O)S. The zero-order valence-electron chi connectivity index (χ0n) is 22.8. The van der Waals surface area contributed by atoms with Crippen molar-refractivity contribution in [1.82, 2.24) is 19.7 Å². The second kappa shape index (κ2) is 9.09. The zero-order chi connectivity index (χ0) is 28.7. The Kier molecular flexibility index (Phi) is 5.90. The van der Waals surface area contributed by atoms with E-state index in [0.29, 0.717) is 31.4 Å². The number of oxazole rings is 1. The smallest absolute Gasteiger partial charge is 0.361 e. The van der Waals surface area contributed by atoms with E-state index in [1.807, 2.05) is 13.1 Å². The number of aliphatic hydroxyl groups excluding tert-OH is 1. The van der Waals surface area contributed by atoms with Crippen molar-refractivity contribution >= 4 is 29.8 Å². The van der Waals surface area contributed by atoms with Gasteiger partial charge in [0.15, 0.2) is 17.7 Å². The Labute approximate surface area is 241 Å². The molecule has 4 aliphatic carbocycles. The van der Waals surface area contributed by atoms with Crippen LogP contribution in [0.15, 0.2) is 47.2 Å². The highest BCUT2D eigenvalue weighted by atomic mass is 32.1. The summed E-state index contributed by atoms with van der Waals surface area (Å²) >= 11 is 4.24. The Balaban J connectivity index is 1.22. The van der Waals surface area contributed by atoms with Gasteiger partial charge in [0.1, 0.15) is 6.26 Å². The normalized spacial score (nSPS) is 35.5. The summed E-state index contributed by atoms with van der Waals surface area (Å²) < 4.78 is 26.2. The number of carbonyl (C=O) groups is 2. The maximum Gasteiger partial charge on any atom is 0.361 e. The van der Waals surface area contributed by atoms with Gasteiger partial charge in [0.05, 0.1) is 29.9 Å². The molecule has 0 aromatic carbocycles. The molecule has 3 saturated carbocycles. The van der Waals surface area contributed by atoms with Gasteiger partial charge in [-0.1, -0.05) is 19.4 Å². The summed E-state index contributed by atoms with van der Waals surface area (Å²) in [5, 5.41) is 16.0. The Morgan fingerprint density at radius 1 is 1.22 bits per heavy atom. The van der Waals surface area contributed by atoms with E-state index in [-0.39, 0.29) is 28.9 Å². The van der Waals surface area contributed by atoms with E-state index in [1.165, 1.54) is 24.1 Å². The topological polar surface area (TPSA) is 120 Å². The fraction of sp³-hybridized carbons (Fsp3) is 0.500. The molecule has 3 fully saturated rings. The van der Waals surface area contributed by atoms with Crippen LogP contribution in [-0.2, 0) is 16.0 Å². The molecule has 11 heteroatoms. The largest absolute Gasteiger partial charge is 0.451 e. The first-order chi connectivity index (χ1) is 19.6. The molecule has 0 spiro atoms. The predicted octanol–water partition coefficient (Wildman–Crippen LogP) is 4.60. The maximum atomic E-state index is 13.4. The van der Waals surface area contributed by atoms with Crippen molar-refractivity contribution < 1.29 is 28.2 Å². The first-order valence-corrected chi connectivity index (χ1v) is 14.4. The van der Waals surface area contributed by atoms with Crippen LogP contribution in [0.1, 0.15) is 67.7 Å². The lowest BCUT2D eigenvalue weighted by atomic mass is 9.45. The van der Waals surface area contributed by atoms with Crippen LogP contribution >= 0.6 is 12.6 Å². The molecule has 7 rings (SSSR count). The Hall–Kier alpha value is -3.31. The van der Waals surface area contributed by atoms with E-state index in [4.69, 9.17) is 9.15 Å². The number of nitrogens with zero attached hydrogens (tertiary/aromatic N) is 4. The molecule has 0 amide bonds. The highest BCUT2D eigenvalue weighted by Crippen LogP contribution is 2.68. The van der Waals surface area contributed by atoms with Gasteiger partial charge >= 0.3 is 5.97 Å². The molecule has 4 aliphatic rings. The second-order valence-corrected chi connectivity index (χ2v) is 12.9. The summed E-state index contributed by atoms with van der Waals surface area (Å²) in [7, 11) is 0. The molecule has 214 valence electrons. The number of carbonyl (C=O) groups excluding carboxylic acids is 2. The van der Waals surface area contributed by atoms with Gasteiger partial charge in [-0.15, -0.1) is 12.6 Å². The van der Waals surface area contributed by atoms with Gasteiger partial charge in [0, 0.05) is 5.41 Å². The molecule has 41 heavy (non-hydrogen) atoms. The van der Waals surface area contributed by atoms with Crippen molar-refractivity contribution in [2.24, 2.45) is 28.6 Å². The highest BCUT2D eigenvalue weighted by Gasteiger charge is 2.70. The van der Waals surface area contributed by atoms with E-state index < -0.39 is 34.2 Å². The monoisotopic (exact) mass is 578 g/mol. The quantitative estimate of drug-likeness (QED) is 0.262. The molecule has 0 saturated heterocycles. The molecular formula is C30H31FN4O5S. The van der Waals surface area contributed by atoms with Crippen LogP contribution in [-0.4, -0.2) is 47.6 Å². The first kappa shape index (κ1) is 26.6. The van der Waals surface area contributed by atoms with Crippen LogP contribution in [0.2, 0.25) is 0 Å². The van der Waals surface area contributed by atoms with Crippen LogP contribution in [0.4, 0.5) is 4.39 Å². The number of aromatic nitrogens is 4. The van der Waals surface area contributed by atoms with E-state index in [9.17, 15) is 19.1 Å². The summed E-state index contributed by atoms with van der Waals surface area (Å²) in [4.78, 5) is 33.9. The third-order valence-electron chi connectivity index (χ3n) is 10.8. The number of allylic oxidation sites excluding steroid dienone is 1. The van der Waals surface area contributed by atoms with Crippen molar-refractivity contribution in [3.63, 3.8) is 0 Å². The average Bonchev–Trinajstić information content (AvgIpc) is 3.66. The Morgan fingerprint density at radius 2 is 2.05 bits per heavy atom. The summed E-state index contributed by atoms with van der Waals surface area (Å²) in [6.45, 7) is 4.21. The van der Waals surface area contributed by atoms with Crippen molar-refractivity contribution in [3.05, 3.63) is 65.7 Å². The number of thiol groups is 1. The lowest BCUT2D eigenvalue weighted by Crippen LogP contribution is -2.62. The molecule has 0 radical (unpaired) electrons. The maximum absolute atomic E-state index is 13.4. The molecule has 3 aromatic heterocycles. The van der Waals surface area contributed by atoms with Gasteiger partial charge in [-0.05, 0) is 85.5 Å². The molecule has 2 unspecified atom stereocenters. The predicted molar refractivity (Wildman–Crippen MR) is 147 cm³/mol. The van der Waals surface area contributed by atoms with Crippen LogP contribution in [0.3, 0.4) is 0 Å². The van der Waals surface area contributed by atoms with Crippen molar-refractivity contribution in [1.29, 1.82) is 0 Å². The van der Waals surface area contributed by atoms with Crippen LogP contribution < -0.4 is 0 Å². The first-order valence-electron chi connectivity index (χ1n) is 14.0. The highest BCUT2D eigenvalue weighted by molar-refractivity contribution is 7.96. The number of ether oxygens (including phenoxy) is 1. The van der Waals surface area contributed by atoms with E-state index >= 15 is 0 Å². The third kappa shape index (κ3) is 3.67. The zero-order valence-corrected chi connectivity index (χ0v) is 23.7. The van der Waals surface area contributed by atoms with Crippen molar-refractivity contribution in [2.75, 3.05) is 0 Å². The molecule has 0 aliphatic heterocycles. The number of rotatable bonds is 4. The van der Waals surface area contributed by atoms with E-state index in [1.54, 1.807) is 10.7 Å². The standard InChI is InChI=1S/C30H31FN4O5S/c1-28-10-16-12-34-35(18-4-6-24(31)32-13-18)22(16)9-17(28)3-5-19-20-7-8-30(27(38)41,29(20,2)11-23(36)25(19)28)40-26(37)21-14-39-15-33-21/h4,6,9,12-15,19-20,23,25,36H,3,5,7-8,10-11H2,1-2H3,(H,38,41)/t19-,20?,23-,25?,28-,29-,30-/m0/s1. The fourth-order valence-corrected chi connectivity index (χ4v) is 9.37. The second-order valence-electron chi connectivity index (χ2n) is 12.5. The van der Waals surface area contributed by atoms with Gasteiger partial charge in [0.2, 0.25) is 11.1 Å². The number of pyridine rings is 1. The summed E-state index contributed by atoms with van der Waals surface area (Å²) in [6, 6.07) is 2.99. The van der Waals surface area contributed by atoms with Gasteiger partial charge < -0.3 is 14.3 Å². The van der Waals surface area contributed by atoms with Crippen LogP contribution in [0, 0.1) is 34.5 Å². The number of hydrogen-bond donors (Lipinski definition) is 2. The number of fused-ring (bicyclic) bond motifs is 6. The Morgan fingerprint density at radius 3 is 2.76 bits per heavy atom. The number of hydrogen-bond acceptors (Lipinski definition) is 8. The Bertz CT molecular complexity index is 1570. The number of halogens is 1. The summed E-state index contributed by atoms with van der Waals surface area (Å²) in [5.74, 6) is -1.12. The summed E-state index contributed by atoms with van der Waals surface area (Å²) in [5.41, 5.74) is 1.41. The van der Waals surface area contributed by atoms with Crippen LogP contribution in [0.25, 0.3) is 11.8 Å². The van der Waals surface area contributed by atoms with Crippen LogP contribution in [0.5, 0.6) is 0 Å². The minimum absolute atomic E-state index is 0.00447. The molecule has 9 nitrogen and oxygen atoms in total. The molecular weight excluding hydrogens is 547 g/mol. The minimum Gasteiger partial charge on any atom is -0.451 e. The molecule has 3 heterocycles. The molecule has 1 N–H and O–H groups in total. The lowest BCUT2D eigenvalue weighted by Gasteiger charge is -2.60. The lowest BCUT2D eigenvalue weighted by molar-refractivity contribution is -0.174. The third-order valence-corrected chi connectivity index (χ3v) is 11.1. The number of aliphatic hydroxyl groups is 1. The van der Waals surface area contributed by atoms with Crippen molar-refractivity contribution in [2.45, 2.75) is 64.1 Å². The van der Waals surface area contributed by atoms with E-state index in [0.717, 1.165) is 30.5 Å².